The van der Waals surface area contributed by atoms with Crippen LogP contribution in [0.4, 0.5) is 0 Å². The zero-order valence-electron chi connectivity index (χ0n) is 0.500. The monoisotopic (exact) mass is 84.0 g/mol. The molecule has 22 valence electrons. The van der Waals surface area contributed by atoms with Crippen LogP contribution in [0, 0.1) is 0 Å². The SMILES string of the molecule is O.[LiH].[MgH2].[SiH4]. The Bertz CT molecular complexity index is 8.00. The fraction of sp³-hybridized carbons (Fsp3) is 0. The minimum atomic E-state index is 0. The van der Waals surface area contributed by atoms with E-state index in [1.54, 1.807) is 0 Å². The maximum absolute atomic E-state index is 0. The summed E-state index contributed by atoms with van der Waals surface area (Å²) in [6.07, 6.45) is 0. The first-order chi connectivity index (χ1) is 0. The second-order valence-electron chi connectivity index (χ2n) is 0. The molecule has 0 fully saturated rings. The van der Waals surface area contributed by atoms with Gasteiger partial charge in [-0.15, -0.1) is 0 Å². The van der Waals surface area contributed by atoms with E-state index < -0.39 is 0 Å². The van der Waals surface area contributed by atoms with Crippen LogP contribution >= 0.6 is 0 Å². The van der Waals surface area contributed by atoms with Gasteiger partial charge in [0.1, 0.15) is 0 Å². The van der Waals surface area contributed by atoms with Crippen LogP contribution in [0.2, 0.25) is 0 Å². The molecule has 0 atom stereocenters. The molecule has 0 aliphatic carbocycles. The van der Waals surface area contributed by atoms with Gasteiger partial charge in [-0.25, -0.2) is 0 Å². The van der Waals surface area contributed by atoms with E-state index in [-0.39, 0.29) is 58.4 Å². The Morgan fingerprint density at radius 1 is 1.00 bits per heavy atom. The third kappa shape index (κ3) is 9.63. The molecule has 0 radical (unpaired) electrons. The van der Waals surface area contributed by atoms with E-state index in [2.05, 4.69) is 0 Å². The zero-order valence-corrected chi connectivity index (χ0v) is 0.500. The molecule has 0 heterocycles. The smallest absolute Gasteiger partial charge is 0.0149 e. The van der Waals surface area contributed by atoms with Gasteiger partial charge in [0.15, 0.2) is 0 Å². The molecule has 0 aromatic carbocycles. The van der Waals surface area contributed by atoms with Crippen LogP contribution in [0.1, 0.15) is 0 Å². The molecule has 0 aliphatic heterocycles. The minimum Gasteiger partial charge on any atom is -0.0149 e. The third-order valence-electron chi connectivity index (χ3n) is 0. The van der Waals surface area contributed by atoms with Crippen LogP contribution in [0.3, 0.4) is 0 Å². The molecule has 0 spiro atoms. The summed E-state index contributed by atoms with van der Waals surface area (Å²) in [7, 11) is 0. The van der Waals surface area contributed by atoms with Crippen molar-refractivity contribution in [1.29, 1.82) is 0 Å². The molecule has 0 saturated carbocycles. The van der Waals surface area contributed by atoms with Gasteiger partial charge in [0.2, 0.25) is 0 Å². The first-order valence-corrected chi connectivity index (χ1v) is 0. The molecular formula is H9LiMgOSi. The number of rotatable bonds is 0. The van der Waals surface area contributed by atoms with Gasteiger partial charge in [0.05, 0.1) is 0 Å². The van der Waals surface area contributed by atoms with Crippen LogP contribution in [0.15, 0.2) is 0 Å². The van der Waals surface area contributed by atoms with E-state index in [4.69, 9.17) is 0 Å². The van der Waals surface area contributed by atoms with Crippen molar-refractivity contribution in [3.05, 3.63) is 0 Å². The molecule has 0 aliphatic rings. The second-order valence-corrected chi connectivity index (χ2v) is 0. The van der Waals surface area contributed by atoms with Crippen molar-refractivity contribution in [3.8, 4) is 0 Å². The maximum Gasteiger partial charge on any atom is 0.316 e. The second kappa shape index (κ2) is 24.0. The predicted octanol–water partition coefficient (Wildman–Crippen LogP) is -3.84. The van der Waals surface area contributed by atoms with E-state index in [9.17, 15) is 0 Å². The summed E-state index contributed by atoms with van der Waals surface area (Å²) < 4.78 is 0. The first kappa shape index (κ1) is 48.1. The Morgan fingerprint density at radius 3 is 1.00 bits per heavy atom. The molecule has 4 heavy (non-hydrogen) atoms. The fourth-order valence-electron chi connectivity index (χ4n) is 0. The number of hydrogen-bond donors (Lipinski definition) is 0. The number of hydrogen-bond acceptors (Lipinski definition) is 0. The molecule has 1 nitrogen and oxygen atoms in total. The molecule has 0 unspecified atom stereocenters. The van der Waals surface area contributed by atoms with Crippen LogP contribution in [0.5, 0.6) is 0 Å². The van der Waals surface area contributed by atoms with Crippen molar-refractivity contribution < 1.29 is 5.48 Å². The Hall–Kier alpha value is 1.54. The van der Waals surface area contributed by atoms with Gasteiger partial charge >= 0.3 is 41.9 Å². The van der Waals surface area contributed by atoms with Crippen molar-refractivity contribution in [2.45, 2.75) is 0 Å². The Balaban J connectivity index is 0. The normalized spacial score (nSPS) is 0. The molecule has 0 saturated heterocycles. The van der Waals surface area contributed by atoms with Gasteiger partial charge in [-0.1, -0.05) is 0 Å². The summed E-state index contributed by atoms with van der Waals surface area (Å²) in [5, 5.41) is 0. The molecule has 0 rings (SSSR count). The minimum absolute atomic E-state index is 0. The molecule has 2 N–H and O–H groups in total. The van der Waals surface area contributed by atoms with Crippen LogP contribution in [0.25, 0.3) is 0 Å². The summed E-state index contributed by atoms with van der Waals surface area (Å²) in [5.41, 5.74) is 0. The fourth-order valence-corrected chi connectivity index (χ4v) is 0. The van der Waals surface area contributed by atoms with Crippen molar-refractivity contribution >= 4 is 52.9 Å². The Kier molecular flexibility index (Phi) is 289. The van der Waals surface area contributed by atoms with E-state index in [0.29, 0.717) is 0 Å². The predicted molar refractivity (Wildman–Crippen MR) is 30.6 cm³/mol. The maximum atomic E-state index is 0. The van der Waals surface area contributed by atoms with Gasteiger partial charge in [-0.05, 0) is 11.0 Å². The molecule has 0 bridgehead atoms. The summed E-state index contributed by atoms with van der Waals surface area (Å²) >= 11 is 0. The summed E-state index contributed by atoms with van der Waals surface area (Å²) in [4.78, 5) is 0. The van der Waals surface area contributed by atoms with Gasteiger partial charge in [-0.3, -0.25) is 0 Å². The van der Waals surface area contributed by atoms with Crippen molar-refractivity contribution in [2.24, 2.45) is 0 Å². The van der Waals surface area contributed by atoms with Crippen LogP contribution in [-0.2, 0) is 0 Å². The molecular weight excluding hydrogens is 75.3 g/mol. The average Bonchev–Trinajstić information content (AvgIpc) is 0. The van der Waals surface area contributed by atoms with E-state index >= 15 is 0 Å². The molecule has 4 heteroatoms. The van der Waals surface area contributed by atoms with Gasteiger partial charge in [-0.2, -0.15) is 0 Å². The van der Waals surface area contributed by atoms with Gasteiger partial charge in [0, 0.05) is 0 Å². The first-order valence-electron chi connectivity index (χ1n) is 0. The zero-order chi connectivity index (χ0) is 0. The molecule has 0 amide bonds. The van der Waals surface area contributed by atoms with Crippen LogP contribution < -0.4 is 0 Å². The van der Waals surface area contributed by atoms with Gasteiger partial charge < -0.3 is 5.48 Å². The van der Waals surface area contributed by atoms with E-state index in [1.165, 1.54) is 0 Å². The van der Waals surface area contributed by atoms with Crippen molar-refractivity contribution in [1.82, 2.24) is 0 Å². The van der Waals surface area contributed by atoms with Crippen molar-refractivity contribution in [3.63, 3.8) is 0 Å². The van der Waals surface area contributed by atoms with Crippen LogP contribution in [-0.4, -0.2) is 58.4 Å². The standard InChI is InChI=1S/Li.Mg.H2O.H4Si.3H/h;;1H2;1H4;;;. The third-order valence-corrected chi connectivity index (χ3v) is 0. The quantitative estimate of drug-likeness (QED) is 0.269. The molecule has 0 aromatic rings. The Labute approximate surface area is 58.2 Å². The van der Waals surface area contributed by atoms with E-state index in [1.807, 2.05) is 0 Å². The summed E-state index contributed by atoms with van der Waals surface area (Å²) in [5.74, 6) is 0. The summed E-state index contributed by atoms with van der Waals surface area (Å²) in [6, 6.07) is 0. The van der Waals surface area contributed by atoms with E-state index in [0.717, 1.165) is 0 Å². The van der Waals surface area contributed by atoms with Gasteiger partial charge in [0.25, 0.3) is 0 Å². The largest absolute Gasteiger partial charge is 0.316 e. The molecule has 0 aromatic heterocycles. The van der Waals surface area contributed by atoms with Crippen molar-refractivity contribution in [2.75, 3.05) is 0 Å². The topological polar surface area (TPSA) is 31.5 Å². The average molecular weight is 84.4 g/mol. The Morgan fingerprint density at radius 2 is 1.00 bits per heavy atom. The summed E-state index contributed by atoms with van der Waals surface area (Å²) in [6.45, 7) is 0.